The number of rotatable bonds is 2. The van der Waals surface area contributed by atoms with Crippen molar-refractivity contribution in [2.24, 2.45) is 5.41 Å². The van der Waals surface area contributed by atoms with Crippen molar-refractivity contribution in [3.05, 3.63) is 59.3 Å². The van der Waals surface area contributed by atoms with Crippen molar-refractivity contribution < 1.29 is 14.8 Å². The monoisotopic (exact) mass is 337 g/mol. The van der Waals surface area contributed by atoms with Gasteiger partial charge in [0.2, 0.25) is 5.91 Å². The van der Waals surface area contributed by atoms with Crippen molar-refractivity contribution in [2.75, 3.05) is 11.6 Å². The largest absolute Gasteiger partial charge is 0.356 e. The number of carbonyl (C=O) groups excluding carboxylic acids is 2. The first-order chi connectivity index (χ1) is 12.1. The van der Waals surface area contributed by atoms with Gasteiger partial charge in [-0.25, -0.2) is 4.98 Å². The molecule has 2 N–H and O–H groups in total. The summed E-state index contributed by atoms with van der Waals surface area (Å²) in [5.41, 5.74) is 2.75. The number of hydrogen-bond acceptors (Lipinski definition) is 4. The molecule has 1 spiro atoms. The molecule has 1 aromatic carbocycles. The first kappa shape index (κ1) is 15.8. The zero-order chi connectivity index (χ0) is 17.4. The zero-order valence-electron chi connectivity index (χ0n) is 13.7. The fourth-order valence-corrected chi connectivity index (χ4v) is 3.82. The molecule has 1 aromatic heterocycles. The third kappa shape index (κ3) is 2.89. The lowest BCUT2D eigenvalue weighted by Crippen LogP contribution is -2.32. The van der Waals surface area contributed by atoms with Gasteiger partial charge in [-0.3, -0.25) is 14.8 Å². The molecule has 1 atom stereocenters. The van der Waals surface area contributed by atoms with Crippen LogP contribution in [0.3, 0.4) is 0 Å². The van der Waals surface area contributed by atoms with Crippen LogP contribution in [0.25, 0.3) is 0 Å². The molecule has 6 heteroatoms. The van der Waals surface area contributed by atoms with Crippen LogP contribution in [0.15, 0.2) is 42.6 Å². The number of anilines is 1. The molecule has 0 unspecified atom stereocenters. The number of carbonyl (C=O) groups is 2. The lowest BCUT2D eigenvalue weighted by molar-refractivity contribution is -0.119. The number of amides is 2. The minimum absolute atomic E-state index is 0.0204. The topological polar surface area (TPSA) is 82.5 Å². The van der Waals surface area contributed by atoms with E-state index in [4.69, 9.17) is 0 Å². The summed E-state index contributed by atoms with van der Waals surface area (Å²) in [6, 6.07) is 10.5. The Bertz CT molecular complexity index is 837. The molecule has 1 saturated heterocycles. The number of hydrogen-bond donors (Lipinski definition) is 2. The second kappa shape index (κ2) is 5.97. The van der Waals surface area contributed by atoms with Gasteiger partial charge in [-0.2, -0.15) is 5.06 Å². The SMILES string of the molecule is O=C1C[C@]2(CCc3cc(C(=O)N(O)c4ccccn4)ccc3C2)CN1. The molecular weight excluding hydrogens is 318 g/mol. The zero-order valence-corrected chi connectivity index (χ0v) is 13.7. The number of aromatic nitrogens is 1. The van der Waals surface area contributed by atoms with Crippen LogP contribution in [0, 0.1) is 5.41 Å². The molecule has 0 bridgehead atoms. The van der Waals surface area contributed by atoms with Gasteiger partial charge < -0.3 is 5.32 Å². The lowest BCUT2D eigenvalue weighted by Gasteiger charge is -2.33. The molecule has 6 nitrogen and oxygen atoms in total. The summed E-state index contributed by atoms with van der Waals surface area (Å²) < 4.78 is 0. The molecule has 128 valence electrons. The second-order valence-electron chi connectivity index (χ2n) is 6.92. The Labute approximate surface area is 145 Å². The summed E-state index contributed by atoms with van der Waals surface area (Å²) in [5.74, 6) is -0.180. The molecule has 2 aromatic rings. The van der Waals surface area contributed by atoms with Gasteiger partial charge in [0.15, 0.2) is 5.82 Å². The Morgan fingerprint density at radius 1 is 1.20 bits per heavy atom. The Kier molecular flexibility index (Phi) is 3.77. The number of hydroxylamine groups is 1. The standard InChI is InChI=1S/C19H19N3O3/c23-17-11-19(12-21-17)7-6-13-9-14(4-5-15(13)10-19)18(24)22(25)16-3-1-2-8-20-16/h1-5,8-9,25H,6-7,10-12H2,(H,21,23)/t19-/m1/s1. The van der Waals surface area contributed by atoms with Crippen molar-refractivity contribution in [3.63, 3.8) is 0 Å². The van der Waals surface area contributed by atoms with E-state index in [1.54, 1.807) is 24.3 Å². The molecule has 25 heavy (non-hydrogen) atoms. The number of pyridine rings is 1. The summed E-state index contributed by atoms with van der Waals surface area (Å²) >= 11 is 0. The molecule has 0 saturated carbocycles. The van der Waals surface area contributed by atoms with E-state index in [0.29, 0.717) is 17.0 Å². The number of aryl methyl sites for hydroxylation is 1. The molecule has 4 rings (SSSR count). The van der Waals surface area contributed by atoms with Gasteiger partial charge in [-0.1, -0.05) is 12.1 Å². The third-order valence-corrected chi connectivity index (χ3v) is 5.20. The van der Waals surface area contributed by atoms with Crippen LogP contribution in [0.4, 0.5) is 5.82 Å². The summed E-state index contributed by atoms with van der Waals surface area (Å²) in [5, 5.41) is 13.6. The molecule has 2 amide bonds. The van der Waals surface area contributed by atoms with E-state index in [2.05, 4.69) is 10.3 Å². The predicted molar refractivity (Wildman–Crippen MR) is 91.4 cm³/mol. The smallest absolute Gasteiger partial charge is 0.283 e. The number of nitrogens with zero attached hydrogens (tertiary/aromatic N) is 2. The highest BCUT2D eigenvalue weighted by Gasteiger charge is 2.40. The highest BCUT2D eigenvalue weighted by molar-refractivity contribution is 6.04. The molecular formula is C19H19N3O3. The van der Waals surface area contributed by atoms with E-state index in [1.807, 2.05) is 12.1 Å². The summed E-state index contributed by atoms with van der Waals surface area (Å²) in [7, 11) is 0. The third-order valence-electron chi connectivity index (χ3n) is 5.20. The lowest BCUT2D eigenvalue weighted by atomic mass is 9.71. The minimum Gasteiger partial charge on any atom is -0.356 e. The maximum absolute atomic E-state index is 12.5. The molecule has 2 aliphatic rings. The summed E-state index contributed by atoms with van der Waals surface area (Å²) in [6.07, 6.45) is 4.71. The molecule has 1 aliphatic heterocycles. The first-order valence-corrected chi connectivity index (χ1v) is 8.39. The van der Waals surface area contributed by atoms with Gasteiger partial charge in [0.05, 0.1) is 0 Å². The van der Waals surface area contributed by atoms with Crippen LogP contribution in [0.2, 0.25) is 0 Å². The normalized spacial score (nSPS) is 21.7. The average molecular weight is 337 g/mol. The quantitative estimate of drug-likeness (QED) is 0.649. The highest BCUT2D eigenvalue weighted by atomic mass is 16.5. The van der Waals surface area contributed by atoms with Crippen molar-refractivity contribution in [3.8, 4) is 0 Å². The van der Waals surface area contributed by atoms with E-state index >= 15 is 0 Å². The van der Waals surface area contributed by atoms with Crippen molar-refractivity contribution >= 4 is 17.6 Å². The van der Waals surface area contributed by atoms with Crippen molar-refractivity contribution in [2.45, 2.75) is 25.7 Å². The van der Waals surface area contributed by atoms with E-state index < -0.39 is 5.91 Å². The Balaban J connectivity index is 1.56. The van der Waals surface area contributed by atoms with Gasteiger partial charge in [-0.15, -0.1) is 0 Å². The van der Waals surface area contributed by atoms with Gasteiger partial charge in [0, 0.05) is 30.1 Å². The second-order valence-corrected chi connectivity index (χ2v) is 6.92. The number of fused-ring (bicyclic) bond motifs is 1. The molecule has 2 heterocycles. The van der Waals surface area contributed by atoms with Crippen LogP contribution < -0.4 is 10.4 Å². The van der Waals surface area contributed by atoms with Gasteiger partial charge in [0.25, 0.3) is 5.91 Å². The Morgan fingerprint density at radius 3 is 2.80 bits per heavy atom. The average Bonchev–Trinajstić information content (AvgIpc) is 3.00. The van der Waals surface area contributed by atoms with Crippen LogP contribution in [0.1, 0.15) is 34.3 Å². The fraction of sp³-hybridized carbons (Fsp3) is 0.316. The molecule has 1 fully saturated rings. The fourth-order valence-electron chi connectivity index (χ4n) is 3.82. The maximum Gasteiger partial charge on any atom is 0.283 e. The predicted octanol–water partition coefficient (Wildman–Crippen LogP) is 2.11. The van der Waals surface area contributed by atoms with E-state index in [-0.39, 0.29) is 17.1 Å². The van der Waals surface area contributed by atoms with E-state index in [1.165, 1.54) is 11.8 Å². The summed E-state index contributed by atoms with van der Waals surface area (Å²) in [4.78, 5) is 28.1. The van der Waals surface area contributed by atoms with Gasteiger partial charge in [-0.05, 0) is 54.7 Å². The van der Waals surface area contributed by atoms with Crippen LogP contribution in [0.5, 0.6) is 0 Å². The molecule has 0 radical (unpaired) electrons. The van der Waals surface area contributed by atoms with Gasteiger partial charge in [0.1, 0.15) is 0 Å². The minimum atomic E-state index is -0.500. The maximum atomic E-state index is 12.5. The van der Waals surface area contributed by atoms with E-state index in [0.717, 1.165) is 31.4 Å². The first-order valence-electron chi connectivity index (χ1n) is 8.39. The molecule has 1 aliphatic carbocycles. The van der Waals surface area contributed by atoms with Crippen molar-refractivity contribution in [1.29, 1.82) is 0 Å². The Morgan fingerprint density at radius 2 is 2.08 bits per heavy atom. The Hall–Kier alpha value is -2.73. The summed E-state index contributed by atoms with van der Waals surface area (Å²) in [6.45, 7) is 0.732. The van der Waals surface area contributed by atoms with Crippen LogP contribution in [-0.4, -0.2) is 28.6 Å². The van der Waals surface area contributed by atoms with Gasteiger partial charge >= 0.3 is 0 Å². The van der Waals surface area contributed by atoms with Crippen molar-refractivity contribution in [1.82, 2.24) is 10.3 Å². The number of nitrogens with one attached hydrogen (secondary N) is 1. The van der Waals surface area contributed by atoms with E-state index in [9.17, 15) is 14.8 Å². The van der Waals surface area contributed by atoms with Crippen LogP contribution >= 0.6 is 0 Å². The highest BCUT2D eigenvalue weighted by Crippen LogP contribution is 2.40. The number of benzene rings is 1. The van der Waals surface area contributed by atoms with Crippen LogP contribution in [-0.2, 0) is 17.6 Å².